The van der Waals surface area contributed by atoms with Crippen molar-refractivity contribution < 1.29 is 0 Å². The Morgan fingerprint density at radius 3 is 2.00 bits per heavy atom. The normalized spacial score (nSPS) is 24.6. The number of nitrogens with one attached hydrogen (secondary N) is 3. The van der Waals surface area contributed by atoms with E-state index in [1.165, 1.54) is 13.0 Å². The largest absolute Gasteiger partial charge is 0.315 e. The first-order valence-electron chi connectivity index (χ1n) is 5.70. The fourth-order valence-corrected chi connectivity index (χ4v) is 1.58. The van der Waals surface area contributed by atoms with Crippen LogP contribution in [0.1, 0.15) is 6.42 Å². The van der Waals surface area contributed by atoms with Crippen molar-refractivity contribution in [3.05, 3.63) is 0 Å². The SMILES string of the molecule is CN1CCCNCCNCCNCC1. The van der Waals surface area contributed by atoms with Gasteiger partial charge in [0, 0.05) is 39.3 Å². The molecule has 0 spiro atoms. The van der Waals surface area contributed by atoms with Crippen LogP contribution in [0.15, 0.2) is 0 Å². The lowest BCUT2D eigenvalue weighted by molar-refractivity contribution is 0.326. The minimum atomic E-state index is 1.07. The van der Waals surface area contributed by atoms with E-state index in [9.17, 15) is 0 Å². The van der Waals surface area contributed by atoms with Gasteiger partial charge in [-0.1, -0.05) is 0 Å². The Kier molecular flexibility index (Phi) is 6.95. The van der Waals surface area contributed by atoms with E-state index in [2.05, 4.69) is 27.9 Å². The molecule has 1 saturated heterocycles. The summed E-state index contributed by atoms with van der Waals surface area (Å²) < 4.78 is 0. The second-order valence-corrected chi connectivity index (χ2v) is 3.91. The molecule has 0 bridgehead atoms. The molecule has 0 unspecified atom stereocenters. The van der Waals surface area contributed by atoms with Crippen LogP contribution < -0.4 is 16.0 Å². The Morgan fingerprint density at radius 1 is 0.714 bits per heavy atom. The average Bonchev–Trinajstić information content (AvgIpc) is 2.20. The zero-order chi connectivity index (χ0) is 10.1. The van der Waals surface area contributed by atoms with E-state index in [1.807, 2.05) is 0 Å². The Balaban J connectivity index is 2.12. The molecule has 0 amide bonds. The molecule has 0 aromatic carbocycles. The molecule has 1 fully saturated rings. The van der Waals surface area contributed by atoms with Gasteiger partial charge in [0.15, 0.2) is 0 Å². The Hall–Kier alpha value is -0.160. The Bertz CT molecular complexity index is 115. The van der Waals surface area contributed by atoms with Crippen LogP contribution in [0.25, 0.3) is 0 Å². The molecule has 1 heterocycles. The number of likely N-dealkylation sites (N-methyl/N-ethyl adjacent to an activating group) is 1. The monoisotopic (exact) mass is 200 g/mol. The van der Waals surface area contributed by atoms with E-state index in [-0.39, 0.29) is 0 Å². The number of hydrogen-bond donors (Lipinski definition) is 3. The smallest absolute Gasteiger partial charge is 0.0104 e. The third kappa shape index (κ3) is 6.32. The molecule has 3 N–H and O–H groups in total. The number of hydrogen-bond acceptors (Lipinski definition) is 4. The molecule has 0 aromatic rings. The van der Waals surface area contributed by atoms with Crippen LogP contribution in [0, 0.1) is 0 Å². The summed E-state index contributed by atoms with van der Waals surface area (Å²) in [7, 11) is 2.19. The minimum absolute atomic E-state index is 1.07. The van der Waals surface area contributed by atoms with Crippen LogP contribution >= 0.6 is 0 Å². The van der Waals surface area contributed by atoms with E-state index in [4.69, 9.17) is 0 Å². The van der Waals surface area contributed by atoms with Gasteiger partial charge in [0.1, 0.15) is 0 Å². The fourth-order valence-electron chi connectivity index (χ4n) is 1.58. The minimum Gasteiger partial charge on any atom is -0.315 e. The molecule has 0 aromatic heterocycles. The molecule has 14 heavy (non-hydrogen) atoms. The lowest BCUT2D eigenvalue weighted by Crippen LogP contribution is -2.34. The van der Waals surface area contributed by atoms with Gasteiger partial charge in [0.05, 0.1) is 0 Å². The van der Waals surface area contributed by atoms with Gasteiger partial charge in [-0.05, 0) is 26.6 Å². The van der Waals surface area contributed by atoms with Crippen molar-refractivity contribution in [2.75, 3.05) is 59.4 Å². The maximum Gasteiger partial charge on any atom is 0.0104 e. The molecule has 0 radical (unpaired) electrons. The maximum absolute atomic E-state index is 3.43. The zero-order valence-corrected chi connectivity index (χ0v) is 9.31. The van der Waals surface area contributed by atoms with Gasteiger partial charge in [-0.2, -0.15) is 0 Å². The van der Waals surface area contributed by atoms with E-state index < -0.39 is 0 Å². The van der Waals surface area contributed by atoms with E-state index in [0.29, 0.717) is 0 Å². The molecule has 84 valence electrons. The fraction of sp³-hybridized carbons (Fsp3) is 1.00. The highest BCUT2D eigenvalue weighted by atomic mass is 15.1. The first kappa shape index (κ1) is 11.9. The lowest BCUT2D eigenvalue weighted by Gasteiger charge is -2.16. The summed E-state index contributed by atoms with van der Waals surface area (Å²) in [6, 6.07) is 0. The van der Waals surface area contributed by atoms with Crippen molar-refractivity contribution in [3.8, 4) is 0 Å². The quantitative estimate of drug-likeness (QED) is 0.473. The maximum atomic E-state index is 3.43. The van der Waals surface area contributed by atoms with E-state index in [1.54, 1.807) is 0 Å². The third-order valence-electron chi connectivity index (χ3n) is 2.52. The predicted octanol–water partition coefficient (Wildman–Crippen LogP) is -0.909. The van der Waals surface area contributed by atoms with Gasteiger partial charge >= 0.3 is 0 Å². The van der Waals surface area contributed by atoms with Crippen LogP contribution in [0.2, 0.25) is 0 Å². The Labute approximate surface area is 87.4 Å². The predicted molar refractivity (Wildman–Crippen MR) is 60.7 cm³/mol. The molecule has 0 aliphatic carbocycles. The molecular formula is C10H24N4. The number of nitrogens with zero attached hydrogens (tertiary/aromatic N) is 1. The second kappa shape index (κ2) is 8.17. The van der Waals surface area contributed by atoms with Gasteiger partial charge in [0.2, 0.25) is 0 Å². The number of rotatable bonds is 0. The van der Waals surface area contributed by atoms with Crippen LogP contribution in [0.5, 0.6) is 0 Å². The van der Waals surface area contributed by atoms with Crippen molar-refractivity contribution in [2.45, 2.75) is 6.42 Å². The van der Waals surface area contributed by atoms with Crippen LogP contribution in [-0.2, 0) is 0 Å². The summed E-state index contributed by atoms with van der Waals surface area (Å²) in [5.74, 6) is 0. The summed E-state index contributed by atoms with van der Waals surface area (Å²) >= 11 is 0. The van der Waals surface area contributed by atoms with Crippen LogP contribution in [0.3, 0.4) is 0 Å². The summed E-state index contributed by atoms with van der Waals surface area (Å²) in [5, 5.41) is 10.3. The molecule has 0 atom stereocenters. The van der Waals surface area contributed by atoms with Crippen molar-refractivity contribution in [1.29, 1.82) is 0 Å². The molecule has 0 saturated carbocycles. The zero-order valence-electron chi connectivity index (χ0n) is 9.31. The molecule has 4 heteroatoms. The third-order valence-corrected chi connectivity index (χ3v) is 2.52. The van der Waals surface area contributed by atoms with Crippen LogP contribution in [0.4, 0.5) is 0 Å². The summed E-state index contributed by atoms with van der Waals surface area (Å²) in [6.45, 7) is 8.91. The van der Waals surface area contributed by atoms with E-state index in [0.717, 1.165) is 45.8 Å². The molecule has 1 rings (SSSR count). The molecule has 1 aliphatic heterocycles. The summed E-state index contributed by atoms with van der Waals surface area (Å²) in [6.07, 6.45) is 1.25. The average molecular weight is 200 g/mol. The van der Waals surface area contributed by atoms with Gasteiger partial charge < -0.3 is 20.9 Å². The molecule has 4 nitrogen and oxygen atoms in total. The van der Waals surface area contributed by atoms with E-state index >= 15 is 0 Å². The van der Waals surface area contributed by atoms with Crippen molar-refractivity contribution in [2.24, 2.45) is 0 Å². The first-order chi connectivity index (χ1) is 6.89. The van der Waals surface area contributed by atoms with Crippen molar-refractivity contribution in [3.63, 3.8) is 0 Å². The van der Waals surface area contributed by atoms with Gasteiger partial charge in [-0.3, -0.25) is 0 Å². The molecular weight excluding hydrogens is 176 g/mol. The first-order valence-corrected chi connectivity index (χ1v) is 5.70. The Morgan fingerprint density at radius 2 is 1.29 bits per heavy atom. The van der Waals surface area contributed by atoms with Crippen LogP contribution in [-0.4, -0.2) is 64.3 Å². The summed E-state index contributed by atoms with van der Waals surface area (Å²) in [4.78, 5) is 2.39. The second-order valence-electron chi connectivity index (χ2n) is 3.91. The highest BCUT2D eigenvalue weighted by Crippen LogP contribution is 1.85. The standard InChI is InChI=1S/C10H24N4/c1-14-9-2-3-11-4-5-12-6-7-13-8-10-14/h11-13H,2-10H2,1H3. The van der Waals surface area contributed by atoms with Gasteiger partial charge in [-0.15, -0.1) is 0 Å². The molecule has 1 aliphatic rings. The van der Waals surface area contributed by atoms with Gasteiger partial charge in [0.25, 0.3) is 0 Å². The van der Waals surface area contributed by atoms with Gasteiger partial charge in [-0.25, -0.2) is 0 Å². The summed E-state index contributed by atoms with van der Waals surface area (Å²) in [5.41, 5.74) is 0. The topological polar surface area (TPSA) is 39.3 Å². The van der Waals surface area contributed by atoms with Crippen molar-refractivity contribution >= 4 is 0 Å². The highest BCUT2D eigenvalue weighted by molar-refractivity contribution is 4.60. The van der Waals surface area contributed by atoms with Crippen molar-refractivity contribution in [1.82, 2.24) is 20.9 Å². The highest BCUT2D eigenvalue weighted by Gasteiger charge is 1.98. The lowest BCUT2D eigenvalue weighted by atomic mass is 10.4.